The van der Waals surface area contributed by atoms with Gasteiger partial charge >= 0.3 is 10.2 Å². The minimum atomic E-state index is -3.83. The highest BCUT2D eigenvalue weighted by Crippen LogP contribution is 2.25. The third-order valence-electron chi connectivity index (χ3n) is 4.82. The molecule has 0 aliphatic rings. The highest BCUT2D eigenvalue weighted by molar-refractivity contribution is 7.90. The second kappa shape index (κ2) is 11.2. The number of carbonyl (C=O) groups excluding carboxylic acids is 1. The number of hydrogen-bond donors (Lipinski definition) is 1. The summed E-state index contributed by atoms with van der Waals surface area (Å²) in [4.78, 5) is 12.5. The lowest BCUT2D eigenvalue weighted by Gasteiger charge is -2.28. The first-order chi connectivity index (χ1) is 14.6. The molecule has 0 saturated heterocycles. The lowest BCUT2D eigenvalue weighted by atomic mass is 10.1. The number of nitrogens with one attached hydrogen (secondary N) is 1. The number of carbonyl (C=O) groups is 1. The van der Waals surface area contributed by atoms with Crippen LogP contribution in [0.4, 0.5) is 5.69 Å². The molecule has 2 aromatic rings. The average Bonchev–Trinajstić information content (AvgIpc) is 2.72. The van der Waals surface area contributed by atoms with Crippen LogP contribution in [0.25, 0.3) is 0 Å². The van der Waals surface area contributed by atoms with Gasteiger partial charge in [0.25, 0.3) is 0 Å². The van der Waals surface area contributed by atoms with E-state index in [0.717, 1.165) is 38.3 Å². The summed E-state index contributed by atoms with van der Waals surface area (Å²) in [5.41, 5.74) is 3.45. The molecule has 0 aromatic heterocycles. The zero-order valence-electron chi connectivity index (χ0n) is 19.0. The summed E-state index contributed by atoms with van der Waals surface area (Å²) in [6.07, 6.45) is 2.12. The van der Waals surface area contributed by atoms with Crippen molar-refractivity contribution in [2.75, 3.05) is 38.1 Å². The van der Waals surface area contributed by atoms with E-state index < -0.39 is 16.1 Å². The number of benzene rings is 2. The van der Waals surface area contributed by atoms with Crippen molar-refractivity contribution in [3.8, 4) is 5.75 Å². The molecule has 0 atom stereocenters. The van der Waals surface area contributed by atoms with E-state index in [1.807, 2.05) is 50.2 Å². The highest BCUT2D eigenvalue weighted by Gasteiger charge is 2.28. The van der Waals surface area contributed by atoms with Gasteiger partial charge in [-0.2, -0.15) is 12.7 Å². The summed E-state index contributed by atoms with van der Waals surface area (Å²) in [5.74, 6) is 0.342. The molecule has 0 fully saturated rings. The Morgan fingerprint density at radius 3 is 2.35 bits per heavy atom. The fourth-order valence-electron chi connectivity index (χ4n) is 3.06. The molecule has 1 amide bonds. The lowest BCUT2D eigenvalue weighted by molar-refractivity contribution is -0.119. The zero-order chi connectivity index (χ0) is 23.0. The highest BCUT2D eigenvalue weighted by atomic mass is 32.2. The average molecular weight is 448 g/mol. The SMILES string of the molecule is CCCc1ccc(OCCNC(=O)CN(c2cc(C)ccc2C)S(=O)(=O)N(C)C)cc1. The van der Waals surface area contributed by atoms with Crippen LogP contribution in [0.3, 0.4) is 0 Å². The lowest BCUT2D eigenvalue weighted by Crippen LogP contribution is -2.46. The second-order valence-electron chi connectivity index (χ2n) is 7.68. The minimum absolute atomic E-state index is 0.276. The van der Waals surface area contributed by atoms with Gasteiger partial charge in [0.15, 0.2) is 0 Å². The number of ether oxygens (including phenoxy) is 1. The van der Waals surface area contributed by atoms with Crippen LogP contribution < -0.4 is 14.4 Å². The van der Waals surface area contributed by atoms with Gasteiger partial charge in [0.05, 0.1) is 12.2 Å². The monoisotopic (exact) mass is 447 g/mol. The second-order valence-corrected chi connectivity index (χ2v) is 9.75. The molecule has 170 valence electrons. The van der Waals surface area contributed by atoms with Gasteiger partial charge in [-0.05, 0) is 55.2 Å². The Labute approximate surface area is 186 Å². The molecule has 0 heterocycles. The number of anilines is 1. The van der Waals surface area contributed by atoms with Crippen molar-refractivity contribution in [2.24, 2.45) is 0 Å². The fraction of sp³-hybridized carbons (Fsp3) is 0.435. The van der Waals surface area contributed by atoms with Gasteiger partial charge in [-0.25, -0.2) is 4.31 Å². The van der Waals surface area contributed by atoms with Crippen molar-refractivity contribution in [2.45, 2.75) is 33.6 Å². The Balaban J connectivity index is 1.98. The minimum Gasteiger partial charge on any atom is -0.492 e. The molecule has 0 saturated carbocycles. The molecule has 7 nitrogen and oxygen atoms in total. The first-order valence-electron chi connectivity index (χ1n) is 10.4. The van der Waals surface area contributed by atoms with Crippen LogP contribution in [0.1, 0.15) is 30.0 Å². The van der Waals surface area contributed by atoms with E-state index in [9.17, 15) is 13.2 Å². The smallest absolute Gasteiger partial charge is 0.304 e. The molecule has 1 N–H and O–H groups in total. The van der Waals surface area contributed by atoms with Gasteiger partial charge in [-0.1, -0.05) is 37.6 Å². The molecule has 2 rings (SSSR count). The molecule has 0 bridgehead atoms. The first kappa shape index (κ1) is 24.7. The number of hydrogen-bond acceptors (Lipinski definition) is 4. The van der Waals surface area contributed by atoms with Gasteiger partial charge in [0.1, 0.15) is 18.9 Å². The topological polar surface area (TPSA) is 79.0 Å². The van der Waals surface area contributed by atoms with Crippen molar-refractivity contribution in [1.29, 1.82) is 0 Å². The van der Waals surface area contributed by atoms with Crippen molar-refractivity contribution < 1.29 is 17.9 Å². The summed E-state index contributed by atoms with van der Waals surface area (Å²) < 4.78 is 33.6. The maximum absolute atomic E-state index is 12.9. The van der Waals surface area contributed by atoms with Crippen LogP contribution in [0.15, 0.2) is 42.5 Å². The molecule has 8 heteroatoms. The normalized spacial score (nSPS) is 11.4. The van der Waals surface area contributed by atoms with Crippen LogP contribution in [0, 0.1) is 13.8 Å². The van der Waals surface area contributed by atoms with Crippen LogP contribution in [-0.2, 0) is 21.4 Å². The van der Waals surface area contributed by atoms with E-state index in [2.05, 4.69) is 12.2 Å². The molecule has 0 unspecified atom stereocenters. The zero-order valence-corrected chi connectivity index (χ0v) is 19.8. The number of rotatable bonds is 11. The molecule has 31 heavy (non-hydrogen) atoms. The molecule has 2 aromatic carbocycles. The van der Waals surface area contributed by atoms with Gasteiger partial charge in [-0.3, -0.25) is 4.79 Å². The predicted octanol–water partition coefficient (Wildman–Crippen LogP) is 3.06. The summed E-state index contributed by atoms with van der Waals surface area (Å²) in [7, 11) is -0.935. The Bertz CT molecular complexity index is 973. The van der Waals surface area contributed by atoms with Crippen LogP contribution in [0.2, 0.25) is 0 Å². The van der Waals surface area contributed by atoms with Gasteiger partial charge in [-0.15, -0.1) is 0 Å². The third-order valence-corrected chi connectivity index (χ3v) is 6.62. The van der Waals surface area contributed by atoms with Crippen LogP contribution in [-0.4, -0.2) is 52.4 Å². The number of nitrogens with zero attached hydrogens (tertiary/aromatic N) is 2. The molecule has 0 radical (unpaired) electrons. The summed E-state index contributed by atoms with van der Waals surface area (Å²) in [6.45, 7) is 6.11. The van der Waals surface area contributed by atoms with E-state index in [-0.39, 0.29) is 13.1 Å². The maximum atomic E-state index is 12.9. The standard InChI is InChI=1S/C23H33N3O4S/c1-6-7-20-10-12-21(13-11-20)30-15-14-24-23(27)17-26(31(28,29)25(4)5)22-16-18(2)8-9-19(22)3/h8-13,16H,6-7,14-15,17H2,1-5H3,(H,24,27). The summed E-state index contributed by atoms with van der Waals surface area (Å²) >= 11 is 0. The Morgan fingerprint density at radius 1 is 1.06 bits per heavy atom. The first-order valence-corrected chi connectivity index (χ1v) is 11.8. The van der Waals surface area contributed by atoms with Crippen molar-refractivity contribution in [1.82, 2.24) is 9.62 Å². The number of aryl methyl sites for hydroxylation is 3. The van der Waals surface area contributed by atoms with Crippen LogP contribution >= 0.6 is 0 Å². The van der Waals surface area contributed by atoms with Crippen LogP contribution in [0.5, 0.6) is 5.75 Å². The Morgan fingerprint density at radius 2 is 1.74 bits per heavy atom. The van der Waals surface area contributed by atoms with Crippen molar-refractivity contribution >= 4 is 21.8 Å². The van der Waals surface area contributed by atoms with E-state index >= 15 is 0 Å². The molecular formula is C23H33N3O4S. The van der Waals surface area contributed by atoms with E-state index in [4.69, 9.17) is 4.74 Å². The van der Waals surface area contributed by atoms with E-state index in [0.29, 0.717) is 12.3 Å². The van der Waals surface area contributed by atoms with Gasteiger partial charge in [0, 0.05) is 14.1 Å². The quantitative estimate of drug-likeness (QED) is 0.537. The molecule has 0 aliphatic heterocycles. The summed E-state index contributed by atoms with van der Waals surface area (Å²) in [5, 5.41) is 2.74. The van der Waals surface area contributed by atoms with E-state index in [1.54, 1.807) is 6.07 Å². The largest absolute Gasteiger partial charge is 0.492 e. The van der Waals surface area contributed by atoms with Crippen molar-refractivity contribution in [3.63, 3.8) is 0 Å². The Hall–Kier alpha value is -2.58. The predicted molar refractivity (Wildman–Crippen MR) is 125 cm³/mol. The third kappa shape index (κ3) is 6.97. The van der Waals surface area contributed by atoms with Crippen molar-refractivity contribution in [3.05, 3.63) is 59.2 Å². The van der Waals surface area contributed by atoms with Gasteiger partial charge < -0.3 is 10.1 Å². The fourth-order valence-corrected chi connectivity index (χ4v) is 4.18. The summed E-state index contributed by atoms with van der Waals surface area (Å²) in [6, 6.07) is 13.4. The Kier molecular flexibility index (Phi) is 8.88. The molecular weight excluding hydrogens is 414 g/mol. The number of amides is 1. The molecule has 0 aliphatic carbocycles. The maximum Gasteiger partial charge on any atom is 0.304 e. The van der Waals surface area contributed by atoms with Gasteiger partial charge in [0.2, 0.25) is 5.91 Å². The molecule has 0 spiro atoms. The van der Waals surface area contributed by atoms with E-state index in [1.165, 1.54) is 19.7 Å².